The predicted molar refractivity (Wildman–Crippen MR) is 80.1 cm³/mol. The average Bonchev–Trinajstić information content (AvgIpc) is 2.54. The van der Waals surface area contributed by atoms with E-state index in [0.717, 1.165) is 17.1 Å². The summed E-state index contributed by atoms with van der Waals surface area (Å²) >= 11 is 0. The minimum Gasteiger partial charge on any atom is -0.497 e. The van der Waals surface area contributed by atoms with Crippen LogP contribution in [-0.2, 0) is 22.0 Å². The van der Waals surface area contributed by atoms with Gasteiger partial charge < -0.3 is 14.4 Å². The van der Waals surface area contributed by atoms with Crippen LogP contribution in [0.1, 0.15) is 5.56 Å². The molecule has 1 saturated heterocycles. The van der Waals surface area contributed by atoms with E-state index in [9.17, 15) is 9.00 Å². The Bertz CT molecular complexity index is 565. The third kappa shape index (κ3) is 3.05. The molecule has 2 aliphatic rings. The number of benzene rings is 1. The maximum absolute atomic E-state index is 12.5. The zero-order valence-corrected chi connectivity index (χ0v) is 12.9. The maximum Gasteiger partial charge on any atom is 0.229 e. The van der Waals surface area contributed by atoms with Gasteiger partial charge in [0.1, 0.15) is 18.1 Å². The number of ether oxygens (including phenoxy) is 2. The first-order chi connectivity index (χ1) is 10.2. The van der Waals surface area contributed by atoms with Crippen LogP contribution in [0.5, 0.6) is 11.5 Å². The first-order valence-corrected chi connectivity index (χ1v) is 8.59. The van der Waals surface area contributed by atoms with Crippen LogP contribution in [0.15, 0.2) is 18.2 Å². The Morgan fingerprint density at radius 3 is 2.86 bits per heavy atom. The van der Waals surface area contributed by atoms with Crippen LogP contribution in [0.3, 0.4) is 0 Å². The van der Waals surface area contributed by atoms with Crippen LogP contribution in [0, 0.1) is 5.92 Å². The lowest BCUT2D eigenvalue weighted by Crippen LogP contribution is -2.46. The number of methoxy groups -OCH3 is 1. The summed E-state index contributed by atoms with van der Waals surface area (Å²) in [5.74, 6) is 2.72. The highest BCUT2D eigenvalue weighted by Gasteiger charge is 2.31. The van der Waals surface area contributed by atoms with Gasteiger partial charge in [-0.05, 0) is 18.1 Å². The lowest BCUT2D eigenvalue weighted by atomic mass is 9.95. The smallest absolute Gasteiger partial charge is 0.229 e. The molecule has 0 unspecified atom stereocenters. The molecule has 0 bridgehead atoms. The van der Waals surface area contributed by atoms with Crippen molar-refractivity contribution in [3.63, 3.8) is 0 Å². The van der Waals surface area contributed by atoms with Gasteiger partial charge in [0.2, 0.25) is 5.91 Å². The van der Waals surface area contributed by atoms with Crippen molar-refractivity contribution in [3.05, 3.63) is 23.8 Å². The normalized spacial score (nSPS) is 22.3. The van der Waals surface area contributed by atoms with Gasteiger partial charge in [-0.2, -0.15) is 0 Å². The van der Waals surface area contributed by atoms with Gasteiger partial charge >= 0.3 is 0 Å². The first kappa shape index (κ1) is 14.4. The topological polar surface area (TPSA) is 55.8 Å². The molecule has 3 rings (SSSR count). The van der Waals surface area contributed by atoms with Crippen molar-refractivity contribution in [3.8, 4) is 11.5 Å². The highest BCUT2D eigenvalue weighted by atomic mass is 32.2. The molecule has 21 heavy (non-hydrogen) atoms. The maximum atomic E-state index is 12.5. The highest BCUT2D eigenvalue weighted by Crippen LogP contribution is 2.31. The Balaban J connectivity index is 1.68. The number of hydrogen-bond acceptors (Lipinski definition) is 4. The van der Waals surface area contributed by atoms with Crippen LogP contribution in [0.4, 0.5) is 0 Å². The van der Waals surface area contributed by atoms with E-state index in [1.807, 2.05) is 23.1 Å². The second-order valence-electron chi connectivity index (χ2n) is 5.36. The first-order valence-electron chi connectivity index (χ1n) is 7.11. The third-order valence-corrected chi connectivity index (χ3v) is 5.30. The van der Waals surface area contributed by atoms with Gasteiger partial charge in [0, 0.05) is 41.5 Å². The number of fused-ring (bicyclic) bond motifs is 1. The standard InChI is InChI=1S/C15H19NO4S/c1-19-13-3-2-11-8-12(10-20-14(11)9-13)15(17)16-4-6-21(18)7-5-16/h2-3,9,12H,4-8,10H2,1H3/t12-/m0/s1. The number of hydrogen-bond donors (Lipinski definition) is 0. The summed E-state index contributed by atoms with van der Waals surface area (Å²) in [5.41, 5.74) is 1.04. The summed E-state index contributed by atoms with van der Waals surface area (Å²) in [6.07, 6.45) is 0.692. The van der Waals surface area contributed by atoms with E-state index in [-0.39, 0.29) is 11.8 Å². The van der Waals surface area contributed by atoms with E-state index in [1.54, 1.807) is 7.11 Å². The van der Waals surface area contributed by atoms with Crippen LogP contribution in [-0.4, -0.2) is 53.3 Å². The Hall–Kier alpha value is -1.56. The van der Waals surface area contributed by atoms with Crippen molar-refractivity contribution in [1.29, 1.82) is 0 Å². The summed E-state index contributed by atoms with van der Waals surface area (Å²) in [4.78, 5) is 14.3. The van der Waals surface area contributed by atoms with Crippen molar-refractivity contribution in [1.82, 2.24) is 4.90 Å². The SMILES string of the molecule is COc1ccc2c(c1)OC[C@@H](C(=O)N1CCS(=O)CC1)C2. The van der Waals surface area contributed by atoms with Gasteiger partial charge in [-0.25, -0.2) is 0 Å². The predicted octanol–water partition coefficient (Wildman–Crippen LogP) is 0.837. The largest absolute Gasteiger partial charge is 0.497 e. The Morgan fingerprint density at radius 1 is 1.38 bits per heavy atom. The van der Waals surface area contributed by atoms with Crippen molar-refractivity contribution >= 4 is 16.7 Å². The summed E-state index contributed by atoms with van der Waals surface area (Å²) in [6, 6.07) is 5.71. The average molecular weight is 309 g/mol. The van der Waals surface area contributed by atoms with Crippen molar-refractivity contribution in [2.45, 2.75) is 6.42 Å². The Morgan fingerprint density at radius 2 is 2.14 bits per heavy atom. The molecule has 0 N–H and O–H groups in total. The van der Waals surface area contributed by atoms with Crippen molar-refractivity contribution in [2.75, 3.05) is 38.3 Å². The molecule has 0 saturated carbocycles. The van der Waals surface area contributed by atoms with Crippen LogP contribution >= 0.6 is 0 Å². The second kappa shape index (κ2) is 6.05. The monoisotopic (exact) mass is 309 g/mol. The van der Waals surface area contributed by atoms with Crippen LogP contribution in [0.25, 0.3) is 0 Å². The molecule has 1 atom stereocenters. The molecular formula is C15H19NO4S. The number of rotatable bonds is 2. The van der Waals surface area contributed by atoms with E-state index in [2.05, 4.69) is 0 Å². The molecule has 0 aliphatic carbocycles. The zero-order chi connectivity index (χ0) is 14.8. The summed E-state index contributed by atoms with van der Waals surface area (Å²) in [5, 5.41) is 0. The van der Waals surface area contributed by atoms with Gasteiger partial charge in [0.05, 0.1) is 13.0 Å². The summed E-state index contributed by atoms with van der Waals surface area (Å²) in [7, 11) is 0.861. The summed E-state index contributed by atoms with van der Waals surface area (Å²) in [6.45, 7) is 1.59. The molecule has 0 aromatic heterocycles. The van der Waals surface area contributed by atoms with E-state index < -0.39 is 10.8 Å². The quantitative estimate of drug-likeness (QED) is 0.812. The third-order valence-electron chi connectivity index (χ3n) is 4.02. The fraction of sp³-hybridized carbons (Fsp3) is 0.533. The number of carbonyl (C=O) groups excluding carboxylic acids is 1. The lowest BCUT2D eigenvalue weighted by Gasteiger charge is -2.32. The van der Waals surface area contributed by atoms with Crippen LogP contribution < -0.4 is 9.47 Å². The highest BCUT2D eigenvalue weighted by molar-refractivity contribution is 7.85. The molecule has 0 spiro atoms. The van der Waals surface area contributed by atoms with Crippen molar-refractivity contribution < 1.29 is 18.5 Å². The molecule has 5 nitrogen and oxygen atoms in total. The molecule has 1 amide bonds. The number of carbonyl (C=O) groups is 1. The molecule has 114 valence electrons. The van der Waals surface area contributed by atoms with Gasteiger partial charge in [0.15, 0.2) is 0 Å². The minimum atomic E-state index is -0.761. The van der Waals surface area contributed by atoms with E-state index in [4.69, 9.17) is 9.47 Å². The van der Waals surface area contributed by atoms with Crippen LogP contribution in [0.2, 0.25) is 0 Å². The van der Waals surface area contributed by atoms with Gasteiger partial charge in [-0.1, -0.05) is 6.07 Å². The lowest BCUT2D eigenvalue weighted by molar-refractivity contribution is -0.136. The molecule has 2 heterocycles. The van der Waals surface area contributed by atoms with E-state index in [1.165, 1.54) is 0 Å². The molecule has 0 radical (unpaired) electrons. The number of amides is 1. The molecule has 1 aromatic carbocycles. The molecule has 1 fully saturated rings. The number of nitrogens with zero attached hydrogens (tertiary/aromatic N) is 1. The van der Waals surface area contributed by atoms with E-state index >= 15 is 0 Å². The Kier molecular flexibility index (Phi) is 4.14. The fourth-order valence-electron chi connectivity index (χ4n) is 2.75. The van der Waals surface area contributed by atoms with Crippen molar-refractivity contribution in [2.24, 2.45) is 5.92 Å². The minimum absolute atomic E-state index is 0.119. The fourth-order valence-corrected chi connectivity index (χ4v) is 3.81. The molecule has 1 aromatic rings. The van der Waals surface area contributed by atoms with Gasteiger partial charge in [-0.15, -0.1) is 0 Å². The molecular weight excluding hydrogens is 290 g/mol. The molecule has 2 aliphatic heterocycles. The second-order valence-corrected chi connectivity index (χ2v) is 7.06. The summed E-state index contributed by atoms with van der Waals surface area (Å²) < 4.78 is 22.3. The van der Waals surface area contributed by atoms with Gasteiger partial charge in [0.25, 0.3) is 0 Å². The van der Waals surface area contributed by atoms with Gasteiger partial charge in [-0.3, -0.25) is 9.00 Å². The Labute approximate surface area is 126 Å². The zero-order valence-electron chi connectivity index (χ0n) is 12.0. The molecule has 6 heteroatoms. The van der Waals surface area contributed by atoms with E-state index in [0.29, 0.717) is 37.6 Å².